The van der Waals surface area contributed by atoms with Gasteiger partial charge in [-0.05, 0) is 19.8 Å². The van der Waals surface area contributed by atoms with Gasteiger partial charge in [-0.2, -0.15) is 4.98 Å². The maximum atomic E-state index is 6.12. The van der Waals surface area contributed by atoms with Crippen LogP contribution in [-0.2, 0) is 6.42 Å². The molecule has 0 saturated carbocycles. The summed E-state index contributed by atoms with van der Waals surface area (Å²) < 4.78 is 5.78. The molecule has 1 rings (SSSR count). The monoisotopic (exact) mass is 298 g/mol. The molecule has 0 N–H and O–H groups in total. The van der Waals surface area contributed by atoms with Crippen LogP contribution in [0.2, 0.25) is 5.15 Å². The van der Waals surface area contributed by atoms with Crippen molar-refractivity contribution in [1.29, 1.82) is 0 Å². The predicted octanol–water partition coefficient (Wildman–Crippen LogP) is 5.13. The fraction of sp³-hybridized carbons (Fsp3) is 0.750. The van der Waals surface area contributed by atoms with Crippen molar-refractivity contribution in [3.05, 3.63) is 16.5 Å². The van der Waals surface area contributed by atoms with Crippen LogP contribution in [0, 0.1) is 6.92 Å². The summed E-state index contributed by atoms with van der Waals surface area (Å²) in [5.41, 5.74) is 0.845. The van der Waals surface area contributed by atoms with Crippen molar-refractivity contribution in [1.82, 2.24) is 9.97 Å². The van der Waals surface area contributed by atoms with Crippen LogP contribution in [0.1, 0.15) is 70.2 Å². The fourth-order valence-electron chi connectivity index (χ4n) is 2.04. The van der Waals surface area contributed by atoms with Crippen molar-refractivity contribution >= 4 is 11.6 Å². The first-order valence-electron chi connectivity index (χ1n) is 7.84. The summed E-state index contributed by atoms with van der Waals surface area (Å²) in [5, 5.41) is 0.515. The van der Waals surface area contributed by atoms with Gasteiger partial charge in [0.25, 0.3) is 0 Å². The van der Waals surface area contributed by atoms with E-state index in [0.717, 1.165) is 30.7 Å². The lowest BCUT2D eigenvalue weighted by Crippen LogP contribution is -2.05. The van der Waals surface area contributed by atoms with Crippen LogP contribution in [0.3, 0.4) is 0 Å². The maximum Gasteiger partial charge on any atom is 0.221 e. The third kappa shape index (κ3) is 6.08. The molecule has 114 valence electrons. The molecule has 0 aliphatic heterocycles. The van der Waals surface area contributed by atoms with E-state index in [1.807, 2.05) is 6.92 Å². The van der Waals surface area contributed by atoms with Crippen molar-refractivity contribution in [2.45, 2.75) is 72.1 Å². The highest BCUT2D eigenvalue weighted by Gasteiger charge is 2.10. The van der Waals surface area contributed by atoms with Crippen molar-refractivity contribution < 1.29 is 4.74 Å². The van der Waals surface area contributed by atoms with Crippen LogP contribution in [0.25, 0.3) is 0 Å². The normalized spacial score (nSPS) is 10.8. The van der Waals surface area contributed by atoms with Crippen molar-refractivity contribution in [2.24, 2.45) is 0 Å². The zero-order valence-electron chi connectivity index (χ0n) is 13.0. The highest BCUT2D eigenvalue weighted by Crippen LogP contribution is 2.22. The summed E-state index contributed by atoms with van der Waals surface area (Å²) >= 11 is 6.12. The lowest BCUT2D eigenvalue weighted by Gasteiger charge is -2.10. The van der Waals surface area contributed by atoms with Crippen LogP contribution < -0.4 is 4.74 Å². The Morgan fingerprint density at radius 2 is 1.65 bits per heavy atom. The van der Waals surface area contributed by atoms with Gasteiger partial charge >= 0.3 is 0 Å². The molecule has 0 aliphatic carbocycles. The highest BCUT2D eigenvalue weighted by atomic mass is 35.5. The molecule has 0 unspecified atom stereocenters. The molecule has 1 aromatic heterocycles. The van der Waals surface area contributed by atoms with E-state index in [1.165, 1.54) is 32.1 Å². The standard InChI is InChI=1S/C16H27ClN2O/c1-4-6-7-8-9-10-12-20-16-13(3)15(17)18-14(19-16)11-5-2/h4-12H2,1-3H3. The first-order chi connectivity index (χ1) is 9.69. The number of aromatic nitrogens is 2. The van der Waals surface area contributed by atoms with Crippen LogP contribution in [0.15, 0.2) is 0 Å². The van der Waals surface area contributed by atoms with Gasteiger partial charge in [-0.25, -0.2) is 4.98 Å². The molecule has 1 heterocycles. The van der Waals surface area contributed by atoms with Crippen molar-refractivity contribution in [3.8, 4) is 5.88 Å². The summed E-state index contributed by atoms with van der Waals surface area (Å²) in [5.74, 6) is 1.43. The van der Waals surface area contributed by atoms with E-state index >= 15 is 0 Å². The van der Waals surface area contributed by atoms with Crippen molar-refractivity contribution in [3.63, 3.8) is 0 Å². The lowest BCUT2D eigenvalue weighted by atomic mass is 10.1. The number of unbranched alkanes of at least 4 members (excludes halogenated alkanes) is 5. The van der Waals surface area contributed by atoms with E-state index in [4.69, 9.17) is 16.3 Å². The Bertz CT molecular complexity index is 396. The van der Waals surface area contributed by atoms with Crippen LogP contribution in [-0.4, -0.2) is 16.6 Å². The van der Waals surface area contributed by atoms with E-state index in [-0.39, 0.29) is 0 Å². The van der Waals surface area contributed by atoms with Gasteiger partial charge in [0, 0.05) is 12.0 Å². The Morgan fingerprint density at radius 3 is 2.35 bits per heavy atom. The van der Waals surface area contributed by atoms with Crippen LogP contribution in [0.5, 0.6) is 5.88 Å². The lowest BCUT2D eigenvalue weighted by molar-refractivity contribution is 0.289. The predicted molar refractivity (Wildman–Crippen MR) is 84.6 cm³/mol. The molecular weight excluding hydrogens is 272 g/mol. The molecule has 0 atom stereocenters. The van der Waals surface area contributed by atoms with E-state index < -0.39 is 0 Å². The molecule has 1 aromatic rings. The molecule has 3 nitrogen and oxygen atoms in total. The second kappa shape index (κ2) is 9.98. The third-order valence-electron chi connectivity index (χ3n) is 3.30. The third-order valence-corrected chi connectivity index (χ3v) is 3.67. The van der Waals surface area contributed by atoms with Gasteiger partial charge in [0.15, 0.2) is 0 Å². The molecular formula is C16H27ClN2O. The topological polar surface area (TPSA) is 35.0 Å². The van der Waals surface area contributed by atoms with Gasteiger partial charge in [0.05, 0.1) is 6.61 Å². The summed E-state index contributed by atoms with van der Waals surface area (Å²) in [6, 6.07) is 0. The second-order valence-electron chi connectivity index (χ2n) is 5.23. The molecule has 0 bridgehead atoms. The minimum atomic E-state index is 0.515. The fourth-order valence-corrected chi connectivity index (χ4v) is 2.22. The van der Waals surface area contributed by atoms with Gasteiger partial charge in [0.1, 0.15) is 11.0 Å². The number of hydrogen-bond acceptors (Lipinski definition) is 3. The van der Waals surface area contributed by atoms with Gasteiger partial charge in [-0.1, -0.05) is 57.6 Å². The molecule has 20 heavy (non-hydrogen) atoms. The molecule has 0 spiro atoms. The zero-order valence-corrected chi connectivity index (χ0v) is 13.8. The highest BCUT2D eigenvalue weighted by molar-refractivity contribution is 6.30. The number of halogens is 1. The number of rotatable bonds is 10. The molecule has 0 saturated heterocycles. The van der Waals surface area contributed by atoms with E-state index in [2.05, 4.69) is 23.8 Å². The van der Waals surface area contributed by atoms with Gasteiger partial charge < -0.3 is 4.74 Å². The van der Waals surface area contributed by atoms with Gasteiger partial charge in [0.2, 0.25) is 5.88 Å². The first kappa shape index (κ1) is 17.2. The summed E-state index contributed by atoms with van der Waals surface area (Å²) in [6.07, 6.45) is 9.39. The number of aryl methyl sites for hydroxylation is 1. The molecule has 0 amide bonds. The molecule has 0 aromatic carbocycles. The van der Waals surface area contributed by atoms with Crippen LogP contribution in [0.4, 0.5) is 0 Å². The van der Waals surface area contributed by atoms with E-state index in [9.17, 15) is 0 Å². The largest absolute Gasteiger partial charge is 0.477 e. The SMILES string of the molecule is CCCCCCCCOc1nc(CCC)nc(Cl)c1C. The molecule has 0 fully saturated rings. The maximum absolute atomic E-state index is 6.12. The van der Waals surface area contributed by atoms with Crippen LogP contribution >= 0.6 is 11.6 Å². The number of nitrogens with zero attached hydrogens (tertiary/aromatic N) is 2. The van der Waals surface area contributed by atoms with Gasteiger partial charge in [-0.15, -0.1) is 0 Å². The second-order valence-corrected chi connectivity index (χ2v) is 5.59. The first-order valence-corrected chi connectivity index (χ1v) is 8.22. The minimum absolute atomic E-state index is 0.515. The summed E-state index contributed by atoms with van der Waals surface area (Å²) in [6.45, 7) is 6.97. The minimum Gasteiger partial charge on any atom is -0.477 e. The van der Waals surface area contributed by atoms with E-state index in [0.29, 0.717) is 17.6 Å². The smallest absolute Gasteiger partial charge is 0.221 e. The van der Waals surface area contributed by atoms with Crippen molar-refractivity contribution in [2.75, 3.05) is 6.61 Å². The Balaban J connectivity index is 2.38. The quantitative estimate of drug-likeness (QED) is 0.443. The Labute approximate surface area is 128 Å². The average Bonchev–Trinajstić information content (AvgIpc) is 2.43. The average molecular weight is 299 g/mol. The van der Waals surface area contributed by atoms with E-state index in [1.54, 1.807) is 0 Å². The molecule has 0 radical (unpaired) electrons. The number of ether oxygens (including phenoxy) is 1. The number of hydrogen-bond donors (Lipinski definition) is 0. The summed E-state index contributed by atoms with van der Waals surface area (Å²) in [7, 11) is 0. The molecule has 4 heteroatoms. The Morgan fingerprint density at radius 1 is 0.950 bits per heavy atom. The molecule has 0 aliphatic rings. The summed E-state index contributed by atoms with van der Waals surface area (Å²) in [4.78, 5) is 8.73. The zero-order chi connectivity index (χ0) is 14.8. The Hall–Kier alpha value is -0.830. The van der Waals surface area contributed by atoms with Gasteiger partial charge in [-0.3, -0.25) is 0 Å². The Kier molecular flexibility index (Phi) is 8.59.